The van der Waals surface area contributed by atoms with Gasteiger partial charge in [0.05, 0.1) is 25.9 Å². The van der Waals surface area contributed by atoms with E-state index in [0.29, 0.717) is 25.0 Å². The zero-order chi connectivity index (χ0) is 20.7. The fraction of sp³-hybridized carbons (Fsp3) is 0.636. The van der Waals surface area contributed by atoms with Crippen LogP contribution in [0.1, 0.15) is 58.1 Å². The van der Waals surface area contributed by atoms with Crippen LogP contribution in [-0.2, 0) is 30.4 Å². The summed E-state index contributed by atoms with van der Waals surface area (Å²) in [5.41, 5.74) is 2.40. The Morgan fingerprint density at radius 3 is 2.36 bits per heavy atom. The number of hydrogen-bond donors (Lipinski definition) is 1. The largest absolute Gasteiger partial charge is 0.464 e. The number of ether oxygens (including phenoxy) is 3. The molecular formula is C22H33NO5. The number of epoxide rings is 1. The monoisotopic (exact) mass is 391 g/mol. The molecule has 1 amide bonds. The summed E-state index contributed by atoms with van der Waals surface area (Å²) < 4.78 is 15.9. The Morgan fingerprint density at radius 1 is 1.11 bits per heavy atom. The van der Waals surface area contributed by atoms with Gasteiger partial charge in [-0.15, -0.1) is 0 Å². The number of esters is 1. The first-order valence-electron chi connectivity index (χ1n) is 10.1. The average molecular weight is 392 g/mol. The Labute approximate surface area is 167 Å². The Hall–Kier alpha value is -1.92. The van der Waals surface area contributed by atoms with Crippen LogP contribution >= 0.6 is 0 Å². The Balaban J connectivity index is 1.81. The van der Waals surface area contributed by atoms with Crippen LogP contribution in [0, 0.1) is 5.92 Å². The van der Waals surface area contributed by atoms with E-state index in [4.69, 9.17) is 14.2 Å². The summed E-state index contributed by atoms with van der Waals surface area (Å²) >= 11 is 0. The second-order valence-electron chi connectivity index (χ2n) is 7.98. The number of carbonyl (C=O) groups excluding carboxylic acids is 2. The van der Waals surface area contributed by atoms with E-state index in [2.05, 4.69) is 57.3 Å². The Bertz CT molecular complexity index is 641. The van der Waals surface area contributed by atoms with E-state index in [1.54, 1.807) is 6.92 Å². The molecule has 1 saturated heterocycles. The fourth-order valence-corrected chi connectivity index (χ4v) is 3.05. The maximum Gasteiger partial charge on any atom is 0.338 e. The van der Waals surface area contributed by atoms with Crippen LogP contribution in [0.5, 0.6) is 0 Å². The quantitative estimate of drug-likeness (QED) is 0.463. The first-order valence-corrected chi connectivity index (χ1v) is 10.1. The number of amides is 1. The number of carbonyl (C=O) groups is 2. The Kier molecular flexibility index (Phi) is 8.45. The molecule has 6 nitrogen and oxygen atoms in total. The molecule has 1 fully saturated rings. The zero-order valence-electron chi connectivity index (χ0n) is 17.6. The second kappa shape index (κ2) is 10.6. The highest BCUT2D eigenvalue weighted by Crippen LogP contribution is 2.24. The smallest absolute Gasteiger partial charge is 0.338 e. The van der Waals surface area contributed by atoms with Gasteiger partial charge >= 0.3 is 5.97 Å². The standard InChI is InChI=1S/C22H33NO5/c1-6-27-22(25)20-19(28-20)21(24)23-18(11-14(2)3)13-26-12-16-7-9-17(10-8-16)15(4)5/h7-10,14-15,18-20H,6,11-13H2,1-5H3,(H,23,24)/t18-,19-,20-/m0/s1. The number of nitrogens with one attached hydrogen (secondary N) is 1. The van der Waals surface area contributed by atoms with Crippen molar-refractivity contribution in [2.75, 3.05) is 13.2 Å². The maximum atomic E-state index is 12.4. The van der Waals surface area contributed by atoms with Crippen molar-refractivity contribution in [2.24, 2.45) is 5.92 Å². The molecule has 1 aliphatic rings. The highest BCUT2D eigenvalue weighted by Gasteiger charge is 2.51. The second-order valence-corrected chi connectivity index (χ2v) is 7.98. The molecule has 28 heavy (non-hydrogen) atoms. The topological polar surface area (TPSA) is 77.2 Å². The molecule has 1 aromatic rings. The van der Waals surface area contributed by atoms with E-state index in [1.165, 1.54) is 5.56 Å². The van der Waals surface area contributed by atoms with E-state index in [9.17, 15) is 9.59 Å². The van der Waals surface area contributed by atoms with Crippen LogP contribution in [0.2, 0.25) is 0 Å². The van der Waals surface area contributed by atoms with Crippen molar-refractivity contribution in [3.63, 3.8) is 0 Å². The molecule has 0 aromatic heterocycles. The third-order valence-corrected chi connectivity index (χ3v) is 4.61. The van der Waals surface area contributed by atoms with E-state index < -0.39 is 18.2 Å². The molecule has 1 heterocycles. The molecule has 0 aliphatic carbocycles. The predicted octanol–water partition coefficient (Wildman–Crippen LogP) is 3.19. The van der Waals surface area contributed by atoms with Crippen LogP contribution in [0.25, 0.3) is 0 Å². The van der Waals surface area contributed by atoms with Crippen LogP contribution in [0.4, 0.5) is 0 Å². The fourth-order valence-electron chi connectivity index (χ4n) is 3.05. The first-order chi connectivity index (χ1) is 13.3. The van der Waals surface area contributed by atoms with Gasteiger partial charge in [-0.25, -0.2) is 4.79 Å². The van der Waals surface area contributed by atoms with Crippen LogP contribution < -0.4 is 5.32 Å². The number of benzene rings is 1. The van der Waals surface area contributed by atoms with Crippen LogP contribution in [0.15, 0.2) is 24.3 Å². The van der Waals surface area contributed by atoms with Gasteiger partial charge in [-0.2, -0.15) is 0 Å². The molecule has 0 bridgehead atoms. The van der Waals surface area contributed by atoms with E-state index in [0.717, 1.165) is 12.0 Å². The van der Waals surface area contributed by atoms with E-state index in [-0.39, 0.29) is 18.6 Å². The summed E-state index contributed by atoms with van der Waals surface area (Å²) in [6, 6.07) is 8.27. The van der Waals surface area contributed by atoms with Gasteiger partial charge in [0.15, 0.2) is 12.2 Å². The van der Waals surface area contributed by atoms with Crippen molar-refractivity contribution in [3.05, 3.63) is 35.4 Å². The lowest BCUT2D eigenvalue weighted by molar-refractivity contribution is -0.144. The highest BCUT2D eigenvalue weighted by molar-refractivity contribution is 5.92. The number of hydrogen-bond acceptors (Lipinski definition) is 5. The summed E-state index contributed by atoms with van der Waals surface area (Å²) in [4.78, 5) is 24.0. The molecule has 0 radical (unpaired) electrons. The van der Waals surface area contributed by atoms with Gasteiger partial charge in [-0.05, 0) is 36.3 Å². The molecule has 0 saturated carbocycles. The third kappa shape index (κ3) is 6.91. The molecule has 0 spiro atoms. The van der Waals surface area contributed by atoms with E-state index >= 15 is 0 Å². The first kappa shape index (κ1) is 22.4. The lowest BCUT2D eigenvalue weighted by Gasteiger charge is -2.20. The molecular weight excluding hydrogens is 358 g/mol. The lowest BCUT2D eigenvalue weighted by Crippen LogP contribution is -2.42. The van der Waals surface area contributed by atoms with Gasteiger partial charge in [0, 0.05) is 0 Å². The molecule has 6 heteroatoms. The zero-order valence-corrected chi connectivity index (χ0v) is 17.6. The van der Waals surface area contributed by atoms with Gasteiger partial charge in [0.2, 0.25) is 0 Å². The predicted molar refractivity (Wildman–Crippen MR) is 107 cm³/mol. The molecule has 1 aromatic carbocycles. The summed E-state index contributed by atoms with van der Waals surface area (Å²) in [5.74, 6) is 0.140. The van der Waals surface area contributed by atoms with Crippen molar-refractivity contribution in [1.29, 1.82) is 0 Å². The lowest BCUT2D eigenvalue weighted by atomic mass is 10.0. The SMILES string of the molecule is CCOC(=O)[C@H]1O[C@@H]1C(=O)N[C@H](COCc1ccc(C(C)C)cc1)CC(C)C. The summed E-state index contributed by atoms with van der Waals surface area (Å²) in [6.45, 7) is 11.4. The van der Waals surface area contributed by atoms with Crippen LogP contribution in [-0.4, -0.2) is 43.3 Å². The van der Waals surface area contributed by atoms with Gasteiger partial charge in [0.25, 0.3) is 5.91 Å². The van der Waals surface area contributed by atoms with Crippen molar-refractivity contribution >= 4 is 11.9 Å². The highest BCUT2D eigenvalue weighted by atomic mass is 16.6. The summed E-state index contributed by atoms with van der Waals surface area (Å²) in [6.07, 6.45) is -0.744. The van der Waals surface area contributed by atoms with Crippen LogP contribution in [0.3, 0.4) is 0 Å². The van der Waals surface area contributed by atoms with Gasteiger partial charge in [-0.1, -0.05) is 52.0 Å². The van der Waals surface area contributed by atoms with E-state index in [1.807, 2.05) is 0 Å². The normalized spacial score (nSPS) is 19.5. The van der Waals surface area contributed by atoms with Crippen molar-refractivity contribution in [3.8, 4) is 0 Å². The minimum Gasteiger partial charge on any atom is -0.464 e. The van der Waals surface area contributed by atoms with Crippen molar-refractivity contribution in [2.45, 2.75) is 71.8 Å². The van der Waals surface area contributed by atoms with Gasteiger partial charge < -0.3 is 19.5 Å². The average Bonchev–Trinajstić information content (AvgIpc) is 3.43. The molecule has 0 unspecified atom stereocenters. The minimum atomic E-state index is -0.778. The molecule has 3 atom stereocenters. The molecule has 2 rings (SSSR count). The van der Waals surface area contributed by atoms with Gasteiger partial charge in [-0.3, -0.25) is 4.79 Å². The number of rotatable bonds is 11. The third-order valence-electron chi connectivity index (χ3n) is 4.61. The minimum absolute atomic E-state index is 0.130. The maximum absolute atomic E-state index is 12.4. The van der Waals surface area contributed by atoms with Crippen molar-refractivity contribution in [1.82, 2.24) is 5.32 Å². The molecule has 1 aliphatic heterocycles. The summed E-state index contributed by atoms with van der Waals surface area (Å²) in [7, 11) is 0. The Morgan fingerprint density at radius 2 is 1.79 bits per heavy atom. The van der Waals surface area contributed by atoms with Gasteiger partial charge in [0.1, 0.15) is 0 Å². The van der Waals surface area contributed by atoms with Crippen molar-refractivity contribution < 1.29 is 23.8 Å². The molecule has 156 valence electrons. The summed E-state index contributed by atoms with van der Waals surface area (Å²) in [5, 5.41) is 2.95. The molecule has 1 N–H and O–H groups in total.